The van der Waals surface area contributed by atoms with Crippen LogP contribution in [0.15, 0.2) is 154 Å². The normalized spacial score (nSPS) is 11.6. The molecule has 0 amide bonds. The van der Waals surface area contributed by atoms with Gasteiger partial charge in [-0.3, -0.25) is 0 Å². The molecule has 0 saturated heterocycles. The van der Waals surface area contributed by atoms with Gasteiger partial charge in [-0.1, -0.05) is 115 Å². The van der Waals surface area contributed by atoms with Gasteiger partial charge in [0.2, 0.25) is 5.71 Å². The smallest absolute Gasteiger partial charge is 0.227 e. The Kier molecular flexibility index (Phi) is 7.39. The molecule has 0 aliphatic carbocycles. The first-order valence-electron chi connectivity index (χ1n) is 15.6. The lowest BCUT2D eigenvalue weighted by Crippen LogP contribution is -2.07. The Bertz CT molecular complexity index is 2430. The first-order chi connectivity index (χ1) is 23.6. The highest BCUT2D eigenvalue weighted by atomic mass is 16.3. The molecule has 0 spiro atoms. The van der Waals surface area contributed by atoms with E-state index in [2.05, 4.69) is 54.2 Å². The summed E-state index contributed by atoms with van der Waals surface area (Å²) in [5.74, 6) is 1.86. The van der Waals surface area contributed by atoms with E-state index in [0.29, 0.717) is 34.6 Å². The van der Waals surface area contributed by atoms with Crippen molar-refractivity contribution in [3.05, 3.63) is 156 Å². The third-order valence-corrected chi connectivity index (χ3v) is 8.29. The summed E-state index contributed by atoms with van der Waals surface area (Å²) in [5, 5.41) is 10.3. The highest BCUT2D eigenvalue weighted by Gasteiger charge is 2.17. The third-order valence-electron chi connectivity index (χ3n) is 8.29. The molecular weight excluding hydrogens is 592 g/mol. The number of para-hydroxylation sites is 1. The predicted molar refractivity (Wildman–Crippen MR) is 193 cm³/mol. The van der Waals surface area contributed by atoms with Gasteiger partial charge in [0.25, 0.3) is 0 Å². The zero-order valence-corrected chi connectivity index (χ0v) is 26.1. The van der Waals surface area contributed by atoms with Crippen LogP contribution in [0.25, 0.3) is 67.4 Å². The van der Waals surface area contributed by atoms with Gasteiger partial charge in [-0.15, -0.1) is 5.10 Å². The fraction of sp³-hybridized carbons (Fsp3) is 0.0244. The Hall–Kier alpha value is -6.60. The summed E-state index contributed by atoms with van der Waals surface area (Å²) < 4.78 is 6.05. The summed E-state index contributed by atoms with van der Waals surface area (Å²) in [7, 11) is 0. The number of aromatic nitrogens is 4. The van der Waals surface area contributed by atoms with Crippen LogP contribution in [0.2, 0.25) is 0 Å². The van der Waals surface area contributed by atoms with Crippen LogP contribution < -0.4 is 0 Å². The second-order valence-electron chi connectivity index (χ2n) is 11.4. The van der Waals surface area contributed by atoms with Gasteiger partial charge in [0.1, 0.15) is 11.3 Å². The van der Waals surface area contributed by atoms with Crippen molar-refractivity contribution in [2.75, 3.05) is 0 Å². The molecule has 7 nitrogen and oxygen atoms in total. The lowest BCUT2D eigenvalue weighted by Gasteiger charge is -2.12. The van der Waals surface area contributed by atoms with Gasteiger partial charge in [-0.25, -0.2) is 19.9 Å². The molecule has 8 rings (SSSR count). The van der Waals surface area contributed by atoms with E-state index in [4.69, 9.17) is 24.4 Å². The van der Waals surface area contributed by atoms with E-state index in [0.717, 1.165) is 55.3 Å². The molecule has 0 bridgehead atoms. The Labute approximate surface area is 277 Å². The Morgan fingerprint density at radius 3 is 1.83 bits per heavy atom. The van der Waals surface area contributed by atoms with Crippen molar-refractivity contribution in [2.45, 2.75) is 6.92 Å². The fourth-order valence-electron chi connectivity index (χ4n) is 5.94. The minimum atomic E-state index is 0.556. The maximum absolute atomic E-state index is 6.05. The predicted octanol–water partition coefficient (Wildman–Crippen LogP) is 9.60. The van der Waals surface area contributed by atoms with Crippen molar-refractivity contribution in [3.8, 4) is 45.3 Å². The van der Waals surface area contributed by atoms with Gasteiger partial charge in [0.05, 0.1) is 5.69 Å². The minimum absolute atomic E-state index is 0.556. The van der Waals surface area contributed by atoms with E-state index in [1.54, 1.807) is 0 Å². The molecule has 0 atom stereocenters. The molecule has 8 aromatic rings. The molecule has 48 heavy (non-hydrogen) atoms. The van der Waals surface area contributed by atoms with Gasteiger partial charge in [-0.05, 0) is 47.9 Å². The average molecular weight is 621 g/mol. The maximum Gasteiger partial charge on any atom is 0.227 e. The van der Waals surface area contributed by atoms with Crippen LogP contribution in [0.5, 0.6) is 0 Å². The Morgan fingerprint density at radius 1 is 0.542 bits per heavy atom. The number of pyridine rings is 1. The van der Waals surface area contributed by atoms with E-state index >= 15 is 0 Å². The number of rotatable bonds is 7. The quantitative estimate of drug-likeness (QED) is 0.131. The number of fused-ring (bicyclic) bond motifs is 3. The van der Waals surface area contributed by atoms with E-state index in [1.807, 2.05) is 109 Å². The number of aryl methyl sites for hydroxylation is 1. The molecule has 0 N–H and O–H groups in total. The van der Waals surface area contributed by atoms with Gasteiger partial charge in [-0.2, -0.15) is 5.10 Å². The molecule has 0 aliphatic heterocycles. The van der Waals surface area contributed by atoms with Crippen molar-refractivity contribution >= 4 is 34.5 Å². The molecule has 0 radical (unpaired) electrons. The summed E-state index contributed by atoms with van der Waals surface area (Å²) in [4.78, 5) is 19.5. The molecule has 3 aromatic heterocycles. The number of furan rings is 1. The van der Waals surface area contributed by atoms with Crippen molar-refractivity contribution in [1.82, 2.24) is 19.9 Å². The van der Waals surface area contributed by atoms with Crippen molar-refractivity contribution in [2.24, 2.45) is 10.2 Å². The third kappa shape index (κ3) is 5.43. The number of hydrogen-bond acceptors (Lipinski definition) is 7. The van der Waals surface area contributed by atoms with Gasteiger partial charge >= 0.3 is 0 Å². The molecule has 0 aliphatic rings. The molecule has 5 aromatic carbocycles. The van der Waals surface area contributed by atoms with Gasteiger partial charge in [0.15, 0.2) is 17.5 Å². The number of nitrogens with zero attached hydrogens (tertiary/aromatic N) is 6. The van der Waals surface area contributed by atoms with Crippen LogP contribution in [-0.4, -0.2) is 32.4 Å². The molecule has 0 fully saturated rings. The zero-order chi connectivity index (χ0) is 32.5. The number of hydrogen-bond donors (Lipinski definition) is 0. The average Bonchev–Trinajstić information content (AvgIpc) is 3.52. The molecule has 7 heteroatoms. The van der Waals surface area contributed by atoms with Crippen LogP contribution in [0.3, 0.4) is 0 Å². The summed E-state index contributed by atoms with van der Waals surface area (Å²) in [6.07, 6.45) is 0. The number of benzene rings is 5. The first-order valence-corrected chi connectivity index (χ1v) is 15.6. The van der Waals surface area contributed by atoms with Crippen LogP contribution in [0.4, 0.5) is 0 Å². The molecule has 0 saturated carbocycles. The topological polar surface area (TPSA) is 89.4 Å². The zero-order valence-electron chi connectivity index (χ0n) is 26.1. The summed E-state index contributed by atoms with van der Waals surface area (Å²) >= 11 is 0. The first kappa shape index (κ1) is 28.8. The maximum atomic E-state index is 6.05. The van der Waals surface area contributed by atoms with Crippen LogP contribution in [-0.2, 0) is 0 Å². The van der Waals surface area contributed by atoms with Crippen molar-refractivity contribution in [1.29, 1.82) is 0 Å². The molecule has 0 unspecified atom stereocenters. The minimum Gasteiger partial charge on any atom is -0.438 e. The summed E-state index contributed by atoms with van der Waals surface area (Å²) in [6.45, 7) is 5.69. The Balaban J connectivity index is 1.16. The lowest BCUT2D eigenvalue weighted by molar-refractivity contribution is 0.653. The Morgan fingerprint density at radius 2 is 1.15 bits per heavy atom. The van der Waals surface area contributed by atoms with Crippen molar-refractivity contribution in [3.63, 3.8) is 0 Å². The monoisotopic (exact) mass is 620 g/mol. The van der Waals surface area contributed by atoms with Gasteiger partial charge < -0.3 is 4.42 Å². The van der Waals surface area contributed by atoms with E-state index < -0.39 is 0 Å². The molecule has 228 valence electrons. The summed E-state index contributed by atoms with van der Waals surface area (Å²) in [5.41, 5.74) is 9.40. The molecular formula is C41H28N6O. The largest absolute Gasteiger partial charge is 0.438 e. The highest BCUT2D eigenvalue weighted by molar-refractivity contribution is 6.14. The van der Waals surface area contributed by atoms with E-state index in [1.165, 1.54) is 0 Å². The van der Waals surface area contributed by atoms with E-state index in [-0.39, 0.29) is 0 Å². The highest BCUT2D eigenvalue weighted by Crippen LogP contribution is 2.31. The standard InChI is InChI=1S/C41H28N6O/c1-26-24-30(20-21-32(26)37(47-42-2)35-23-22-34-33-18-9-10-19-36(33)48-41(34)43-35)29-16-11-17-31(25-29)40-45-38(27-12-5-3-6-13-27)44-39(46-40)28-14-7-4-8-15-28/h3-25H,2H2,1H3/b47-37+. The fourth-order valence-corrected chi connectivity index (χ4v) is 5.94. The summed E-state index contributed by atoms with van der Waals surface area (Å²) in [6, 6.07) is 46.4. The van der Waals surface area contributed by atoms with Crippen molar-refractivity contribution < 1.29 is 4.42 Å². The van der Waals surface area contributed by atoms with E-state index in [9.17, 15) is 0 Å². The SMILES string of the molecule is C=N/N=C(/c1ccc2c(n1)oc1ccccc12)c1ccc(-c2cccc(-c3nc(-c4ccccc4)nc(-c4ccccc4)n3)c2)cc1C. The van der Waals surface area contributed by atoms with Crippen LogP contribution in [0, 0.1) is 6.92 Å². The van der Waals surface area contributed by atoms with Gasteiger partial charge in [0, 0.05) is 39.7 Å². The second-order valence-corrected chi connectivity index (χ2v) is 11.4. The molecule has 3 heterocycles. The lowest BCUT2D eigenvalue weighted by atomic mass is 9.95. The van der Waals surface area contributed by atoms with Crippen LogP contribution in [0.1, 0.15) is 16.8 Å². The second kappa shape index (κ2) is 12.3. The van der Waals surface area contributed by atoms with Crippen LogP contribution >= 0.6 is 0 Å².